The zero-order valence-electron chi connectivity index (χ0n) is 17.6. The van der Waals surface area contributed by atoms with E-state index in [1.165, 1.54) is 0 Å². The van der Waals surface area contributed by atoms with Gasteiger partial charge in [0.2, 0.25) is 0 Å². The fourth-order valence-corrected chi connectivity index (χ4v) is 3.00. The molecule has 1 aromatic heterocycles. The highest BCUT2D eigenvalue weighted by Gasteiger charge is 2.26. The van der Waals surface area contributed by atoms with Gasteiger partial charge >= 0.3 is 12.1 Å². The van der Waals surface area contributed by atoms with Crippen molar-refractivity contribution < 1.29 is 24.0 Å². The third kappa shape index (κ3) is 7.25. The highest BCUT2D eigenvalue weighted by molar-refractivity contribution is 5.76. The highest BCUT2D eigenvalue weighted by Crippen LogP contribution is 2.26. The largest absolute Gasteiger partial charge is 0.481 e. The number of carboxylic acids is 1. The Morgan fingerprint density at radius 3 is 2.41 bits per heavy atom. The van der Waals surface area contributed by atoms with E-state index in [1.54, 1.807) is 51.1 Å². The van der Waals surface area contributed by atoms with E-state index in [2.05, 4.69) is 10.5 Å². The summed E-state index contributed by atoms with van der Waals surface area (Å²) in [5.74, 6) is -0.915. The molecule has 0 aliphatic heterocycles. The van der Waals surface area contributed by atoms with Gasteiger partial charge in [-0.05, 0) is 38.7 Å². The summed E-state index contributed by atoms with van der Waals surface area (Å²) in [6.07, 6.45) is 0.291. The summed E-state index contributed by atoms with van der Waals surface area (Å²) >= 11 is 0. The Morgan fingerprint density at radius 2 is 1.86 bits per heavy atom. The maximum atomic E-state index is 12.2. The number of nitrogens with zero attached hydrogens (tertiary/aromatic N) is 1. The van der Waals surface area contributed by atoms with E-state index in [9.17, 15) is 14.7 Å². The van der Waals surface area contributed by atoms with Gasteiger partial charge < -0.3 is 19.7 Å². The van der Waals surface area contributed by atoms with Crippen molar-refractivity contribution in [3.05, 3.63) is 53.4 Å². The van der Waals surface area contributed by atoms with E-state index in [0.29, 0.717) is 29.4 Å². The van der Waals surface area contributed by atoms with Gasteiger partial charge in [-0.25, -0.2) is 4.79 Å². The molecule has 0 saturated heterocycles. The number of aliphatic carboxylic acids is 1. The molecule has 2 atom stereocenters. The van der Waals surface area contributed by atoms with E-state index < -0.39 is 23.6 Å². The first-order chi connectivity index (χ1) is 13.5. The second-order valence-corrected chi connectivity index (χ2v) is 8.55. The minimum atomic E-state index is -0.931. The Hall–Kier alpha value is -2.83. The highest BCUT2D eigenvalue weighted by atomic mass is 16.6. The molecule has 2 rings (SSSR count). The van der Waals surface area contributed by atoms with Gasteiger partial charge in [-0.15, -0.1) is 0 Å². The van der Waals surface area contributed by atoms with E-state index in [0.717, 1.165) is 0 Å². The number of alkyl carbamates (subject to hydrolysis) is 1. The lowest BCUT2D eigenvalue weighted by Crippen LogP contribution is -2.35. The van der Waals surface area contributed by atoms with E-state index >= 15 is 0 Å². The first-order valence-corrected chi connectivity index (χ1v) is 9.78. The zero-order valence-corrected chi connectivity index (χ0v) is 17.6. The van der Waals surface area contributed by atoms with Gasteiger partial charge in [-0.2, -0.15) is 0 Å². The number of carboxylic acid groups (broad SMARTS) is 1. The average Bonchev–Trinajstić information content (AvgIpc) is 3.06. The van der Waals surface area contributed by atoms with Crippen LogP contribution in [0.5, 0.6) is 0 Å². The lowest BCUT2D eigenvalue weighted by atomic mass is 9.94. The predicted molar refractivity (Wildman–Crippen MR) is 109 cm³/mol. The van der Waals surface area contributed by atoms with E-state index in [4.69, 9.17) is 9.26 Å². The third-order valence-corrected chi connectivity index (χ3v) is 4.24. The van der Waals surface area contributed by atoms with Crippen molar-refractivity contribution in [2.45, 2.75) is 65.0 Å². The molecule has 0 aliphatic rings. The molecule has 0 saturated carbocycles. The van der Waals surface area contributed by atoms with Crippen LogP contribution < -0.4 is 5.32 Å². The summed E-state index contributed by atoms with van der Waals surface area (Å²) in [6, 6.07) is 10.3. The van der Waals surface area contributed by atoms with Gasteiger partial charge in [0.1, 0.15) is 17.1 Å². The lowest BCUT2D eigenvalue weighted by Gasteiger charge is -2.23. The van der Waals surface area contributed by atoms with Crippen molar-refractivity contribution in [2.24, 2.45) is 5.92 Å². The van der Waals surface area contributed by atoms with Crippen molar-refractivity contribution in [2.75, 3.05) is 0 Å². The van der Waals surface area contributed by atoms with Crippen molar-refractivity contribution >= 4 is 12.1 Å². The summed E-state index contributed by atoms with van der Waals surface area (Å²) < 4.78 is 10.8. The van der Waals surface area contributed by atoms with Crippen molar-refractivity contribution in [1.82, 2.24) is 10.5 Å². The Bertz CT molecular complexity index is 808. The van der Waals surface area contributed by atoms with Crippen molar-refractivity contribution in [3.63, 3.8) is 0 Å². The molecule has 2 N–H and O–H groups in total. The number of hydrogen-bond acceptors (Lipinski definition) is 5. The molecule has 2 unspecified atom stereocenters. The number of nitrogens with one attached hydrogen (secondary N) is 1. The monoisotopic (exact) mass is 402 g/mol. The maximum Gasteiger partial charge on any atom is 0.408 e. The molecule has 0 spiro atoms. The van der Waals surface area contributed by atoms with Crippen LogP contribution in [0.3, 0.4) is 0 Å². The van der Waals surface area contributed by atoms with Gasteiger partial charge in [-0.3, -0.25) is 4.79 Å². The minimum absolute atomic E-state index is 0.174. The molecule has 7 heteroatoms. The molecule has 158 valence electrons. The Morgan fingerprint density at radius 1 is 1.21 bits per heavy atom. The number of rotatable bonds is 8. The smallest absolute Gasteiger partial charge is 0.408 e. The fourth-order valence-electron chi connectivity index (χ4n) is 3.00. The van der Waals surface area contributed by atoms with Crippen LogP contribution in [0.2, 0.25) is 0 Å². The van der Waals surface area contributed by atoms with Crippen molar-refractivity contribution in [1.29, 1.82) is 0 Å². The standard InChI is InChI=1S/C22H30N2O5/c1-14(2)11-18(23-21(27)28-22(3,4)5)19-13-16(29-24-19)12-17(20(25)26)15-9-7-6-8-10-15/h6-10,13-14,17-18H,11-12H2,1-5H3,(H,23,27)(H,25,26). The number of ether oxygens (including phenoxy) is 1. The van der Waals surface area contributed by atoms with Gasteiger partial charge in [0, 0.05) is 12.5 Å². The second-order valence-electron chi connectivity index (χ2n) is 8.55. The van der Waals surface area contributed by atoms with Crippen LogP contribution in [0.1, 0.15) is 70.0 Å². The molecule has 2 aromatic rings. The summed E-state index contributed by atoms with van der Waals surface area (Å²) in [5.41, 5.74) is 0.645. The van der Waals surface area contributed by atoms with Crippen LogP contribution in [0.15, 0.2) is 40.9 Å². The quantitative estimate of drug-likeness (QED) is 0.664. The van der Waals surface area contributed by atoms with Gasteiger partial charge in [0.05, 0.1) is 12.0 Å². The van der Waals surface area contributed by atoms with Crippen LogP contribution in [-0.2, 0) is 16.0 Å². The fraction of sp³-hybridized carbons (Fsp3) is 0.500. The van der Waals surface area contributed by atoms with Crippen LogP contribution >= 0.6 is 0 Å². The number of carbonyl (C=O) groups excluding carboxylic acids is 1. The Labute approximate surface area is 171 Å². The number of amides is 1. The molecule has 1 amide bonds. The van der Waals surface area contributed by atoms with Gasteiger partial charge in [0.25, 0.3) is 0 Å². The number of hydrogen-bond donors (Lipinski definition) is 2. The SMILES string of the molecule is CC(C)CC(NC(=O)OC(C)(C)C)c1cc(CC(C(=O)O)c2ccccc2)on1. The number of aromatic nitrogens is 1. The van der Waals surface area contributed by atoms with Crippen LogP contribution in [0, 0.1) is 5.92 Å². The van der Waals surface area contributed by atoms with Gasteiger partial charge in [0.15, 0.2) is 0 Å². The molecular formula is C22H30N2O5. The van der Waals surface area contributed by atoms with E-state index in [1.807, 2.05) is 19.9 Å². The van der Waals surface area contributed by atoms with Gasteiger partial charge in [-0.1, -0.05) is 49.3 Å². The van der Waals surface area contributed by atoms with E-state index in [-0.39, 0.29) is 12.5 Å². The van der Waals surface area contributed by atoms with Crippen molar-refractivity contribution in [3.8, 4) is 0 Å². The van der Waals surface area contributed by atoms with Crippen LogP contribution in [0.4, 0.5) is 4.79 Å². The number of benzene rings is 1. The molecule has 0 bridgehead atoms. The molecule has 7 nitrogen and oxygen atoms in total. The first-order valence-electron chi connectivity index (χ1n) is 9.78. The summed E-state index contributed by atoms with van der Waals surface area (Å²) in [6.45, 7) is 9.48. The molecule has 1 aromatic carbocycles. The second kappa shape index (κ2) is 9.58. The zero-order chi connectivity index (χ0) is 21.6. The normalized spacial score (nSPS) is 13.7. The minimum Gasteiger partial charge on any atom is -0.481 e. The maximum absolute atomic E-state index is 12.2. The van der Waals surface area contributed by atoms with Crippen LogP contribution in [0.25, 0.3) is 0 Å². The summed E-state index contributed by atoms with van der Waals surface area (Å²) in [4.78, 5) is 23.9. The Kier molecular flexibility index (Phi) is 7.42. The third-order valence-electron chi connectivity index (χ3n) is 4.24. The predicted octanol–water partition coefficient (Wildman–Crippen LogP) is 4.70. The Balaban J connectivity index is 2.16. The summed E-state index contributed by atoms with van der Waals surface area (Å²) in [7, 11) is 0. The molecule has 29 heavy (non-hydrogen) atoms. The topological polar surface area (TPSA) is 102 Å². The first kappa shape index (κ1) is 22.5. The molecule has 0 fully saturated rings. The lowest BCUT2D eigenvalue weighted by molar-refractivity contribution is -0.138. The number of carbonyl (C=O) groups is 2. The average molecular weight is 402 g/mol. The molecule has 0 radical (unpaired) electrons. The molecule has 0 aliphatic carbocycles. The molecule has 1 heterocycles. The summed E-state index contributed by atoms with van der Waals surface area (Å²) in [5, 5.41) is 16.5. The van der Waals surface area contributed by atoms with Crippen LogP contribution in [-0.4, -0.2) is 27.9 Å². The molecular weight excluding hydrogens is 372 g/mol.